The van der Waals surface area contributed by atoms with Crippen molar-refractivity contribution in [3.8, 4) is 0 Å². The number of benzene rings is 1. The Kier molecular flexibility index (Phi) is 2.79. The summed E-state index contributed by atoms with van der Waals surface area (Å²) in [5.74, 6) is 0.139. The fraction of sp³-hybridized carbons (Fsp3) is 0.357. The molecule has 3 heteroatoms. The first-order valence-electron chi connectivity index (χ1n) is 5.73. The van der Waals surface area contributed by atoms with Crippen LogP contribution >= 0.6 is 0 Å². The molecule has 90 valence electrons. The molecule has 0 aliphatic rings. The number of likely N-dealkylation sites (N-methyl/N-ethyl adjacent to an activating group) is 1. The van der Waals surface area contributed by atoms with Crippen LogP contribution in [0.25, 0.3) is 10.9 Å². The van der Waals surface area contributed by atoms with Gasteiger partial charge >= 0.3 is 0 Å². The van der Waals surface area contributed by atoms with Gasteiger partial charge in [0.05, 0.1) is 5.54 Å². The number of nitrogens with one attached hydrogen (secondary N) is 1. The Morgan fingerprint density at radius 2 is 1.88 bits per heavy atom. The van der Waals surface area contributed by atoms with E-state index in [2.05, 4.69) is 4.98 Å². The molecule has 1 N–H and O–H groups in total. The molecule has 0 saturated heterocycles. The largest absolute Gasteiger partial charge is 0.360 e. The number of para-hydroxylation sites is 1. The standard InChI is InChI=1S/C14H18N2O/c1-14(2,16(3)4)13(17)11-9-15-12-8-6-5-7-10(11)12/h5-9,15H,1-4H3. The van der Waals surface area contributed by atoms with Crippen LogP contribution in [-0.2, 0) is 0 Å². The molecule has 17 heavy (non-hydrogen) atoms. The highest BCUT2D eigenvalue weighted by atomic mass is 16.1. The smallest absolute Gasteiger partial charge is 0.184 e. The summed E-state index contributed by atoms with van der Waals surface area (Å²) in [7, 11) is 3.85. The van der Waals surface area contributed by atoms with E-state index in [4.69, 9.17) is 0 Å². The van der Waals surface area contributed by atoms with Gasteiger partial charge in [-0.25, -0.2) is 0 Å². The third-order valence-corrected chi connectivity index (χ3v) is 3.51. The van der Waals surface area contributed by atoms with Crippen LogP contribution in [-0.4, -0.2) is 35.3 Å². The van der Waals surface area contributed by atoms with Crippen molar-refractivity contribution in [2.24, 2.45) is 0 Å². The Labute approximate surface area is 101 Å². The van der Waals surface area contributed by atoms with E-state index in [1.54, 1.807) is 6.20 Å². The molecular formula is C14H18N2O. The van der Waals surface area contributed by atoms with Gasteiger partial charge in [-0.1, -0.05) is 18.2 Å². The van der Waals surface area contributed by atoms with Crippen molar-refractivity contribution in [1.82, 2.24) is 9.88 Å². The maximum absolute atomic E-state index is 12.5. The number of ketones is 1. The highest BCUT2D eigenvalue weighted by molar-refractivity contribution is 6.11. The lowest BCUT2D eigenvalue weighted by molar-refractivity contribution is 0.0757. The van der Waals surface area contributed by atoms with Crippen LogP contribution in [0.3, 0.4) is 0 Å². The van der Waals surface area contributed by atoms with Gasteiger partial charge in [-0.2, -0.15) is 0 Å². The zero-order chi connectivity index (χ0) is 12.6. The second-order valence-electron chi connectivity index (χ2n) is 5.03. The number of carbonyl (C=O) groups is 1. The van der Waals surface area contributed by atoms with E-state index in [-0.39, 0.29) is 5.78 Å². The highest BCUT2D eigenvalue weighted by Gasteiger charge is 2.32. The molecule has 0 amide bonds. The molecule has 1 aromatic heterocycles. The number of nitrogens with zero attached hydrogens (tertiary/aromatic N) is 1. The van der Waals surface area contributed by atoms with Crippen molar-refractivity contribution in [3.63, 3.8) is 0 Å². The van der Waals surface area contributed by atoms with Crippen molar-refractivity contribution in [2.75, 3.05) is 14.1 Å². The minimum Gasteiger partial charge on any atom is -0.360 e. The molecular weight excluding hydrogens is 212 g/mol. The normalized spacial score (nSPS) is 12.3. The van der Waals surface area contributed by atoms with Crippen LogP contribution in [0.2, 0.25) is 0 Å². The molecule has 0 unspecified atom stereocenters. The molecule has 0 spiro atoms. The molecule has 0 bridgehead atoms. The number of hydrogen-bond donors (Lipinski definition) is 1. The van der Waals surface area contributed by atoms with E-state index in [1.165, 1.54) is 0 Å². The second-order valence-corrected chi connectivity index (χ2v) is 5.03. The predicted molar refractivity (Wildman–Crippen MR) is 70.4 cm³/mol. The summed E-state index contributed by atoms with van der Waals surface area (Å²) in [6.07, 6.45) is 1.80. The zero-order valence-electron chi connectivity index (χ0n) is 10.7. The number of aromatic amines is 1. The summed E-state index contributed by atoms with van der Waals surface area (Å²) in [6, 6.07) is 7.87. The van der Waals surface area contributed by atoms with Gasteiger partial charge in [-0.15, -0.1) is 0 Å². The van der Waals surface area contributed by atoms with Crippen molar-refractivity contribution >= 4 is 16.7 Å². The van der Waals surface area contributed by atoms with E-state index < -0.39 is 5.54 Å². The van der Waals surface area contributed by atoms with E-state index in [1.807, 2.05) is 57.1 Å². The molecule has 2 rings (SSSR count). The van der Waals surface area contributed by atoms with Crippen LogP contribution in [0.15, 0.2) is 30.5 Å². The topological polar surface area (TPSA) is 36.1 Å². The van der Waals surface area contributed by atoms with E-state index in [0.717, 1.165) is 16.5 Å². The molecule has 0 saturated carbocycles. The molecule has 0 aliphatic carbocycles. The third-order valence-electron chi connectivity index (χ3n) is 3.51. The summed E-state index contributed by atoms with van der Waals surface area (Å²) in [5, 5.41) is 0.993. The fourth-order valence-electron chi connectivity index (χ4n) is 1.79. The molecule has 3 nitrogen and oxygen atoms in total. The molecule has 0 radical (unpaired) electrons. The molecule has 1 aromatic carbocycles. The molecule has 0 fully saturated rings. The Morgan fingerprint density at radius 3 is 2.53 bits per heavy atom. The van der Waals surface area contributed by atoms with Crippen LogP contribution < -0.4 is 0 Å². The quantitative estimate of drug-likeness (QED) is 0.823. The Morgan fingerprint density at radius 1 is 1.24 bits per heavy atom. The lowest BCUT2D eigenvalue weighted by Gasteiger charge is -2.30. The average molecular weight is 230 g/mol. The molecule has 2 aromatic rings. The van der Waals surface area contributed by atoms with Crippen LogP contribution in [0, 0.1) is 0 Å². The summed E-state index contributed by atoms with van der Waals surface area (Å²) in [5.41, 5.74) is 1.27. The maximum atomic E-state index is 12.5. The van der Waals surface area contributed by atoms with Crippen LogP contribution in [0.4, 0.5) is 0 Å². The summed E-state index contributed by atoms with van der Waals surface area (Å²) in [6.45, 7) is 3.88. The Balaban J connectivity index is 2.51. The number of Topliss-reactive ketones (excluding diaryl/α,β-unsaturated/α-hetero) is 1. The maximum Gasteiger partial charge on any atom is 0.184 e. The van der Waals surface area contributed by atoms with Gasteiger partial charge in [0.15, 0.2) is 5.78 Å². The Bertz CT molecular complexity index is 552. The van der Waals surface area contributed by atoms with E-state index >= 15 is 0 Å². The number of hydrogen-bond acceptors (Lipinski definition) is 2. The van der Waals surface area contributed by atoms with Gasteiger partial charge < -0.3 is 4.98 Å². The number of fused-ring (bicyclic) bond motifs is 1. The third kappa shape index (κ3) is 1.87. The van der Waals surface area contributed by atoms with Gasteiger partial charge in [0.25, 0.3) is 0 Å². The summed E-state index contributed by atoms with van der Waals surface area (Å²) < 4.78 is 0. The SMILES string of the molecule is CN(C)C(C)(C)C(=O)c1c[nH]c2ccccc12. The summed E-state index contributed by atoms with van der Waals surface area (Å²) in [4.78, 5) is 17.6. The van der Waals surface area contributed by atoms with Crippen molar-refractivity contribution in [2.45, 2.75) is 19.4 Å². The fourth-order valence-corrected chi connectivity index (χ4v) is 1.79. The van der Waals surface area contributed by atoms with Gasteiger partial charge in [-0.05, 0) is 34.0 Å². The minimum atomic E-state index is -0.495. The van der Waals surface area contributed by atoms with Crippen LogP contribution in [0.1, 0.15) is 24.2 Å². The van der Waals surface area contributed by atoms with Gasteiger partial charge in [0, 0.05) is 22.7 Å². The highest BCUT2D eigenvalue weighted by Crippen LogP contribution is 2.24. The first kappa shape index (κ1) is 11.9. The van der Waals surface area contributed by atoms with E-state index in [9.17, 15) is 4.79 Å². The van der Waals surface area contributed by atoms with Gasteiger partial charge in [0.2, 0.25) is 0 Å². The minimum absolute atomic E-state index is 0.139. The molecule has 0 aliphatic heterocycles. The first-order chi connectivity index (χ1) is 7.94. The van der Waals surface area contributed by atoms with Gasteiger partial charge in [-0.3, -0.25) is 9.69 Å². The number of H-pyrrole nitrogens is 1. The number of aromatic nitrogens is 1. The average Bonchev–Trinajstić information content (AvgIpc) is 2.71. The molecule has 1 heterocycles. The van der Waals surface area contributed by atoms with Gasteiger partial charge in [0.1, 0.15) is 0 Å². The van der Waals surface area contributed by atoms with Crippen molar-refractivity contribution < 1.29 is 4.79 Å². The monoisotopic (exact) mass is 230 g/mol. The number of carbonyl (C=O) groups excluding carboxylic acids is 1. The zero-order valence-corrected chi connectivity index (χ0v) is 10.7. The first-order valence-corrected chi connectivity index (χ1v) is 5.73. The van der Waals surface area contributed by atoms with Crippen molar-refractivity contribution in [1.29, 1.82) is 0 Å². The summed E-state index contributed by atoms with van der Waals surface area (Å²) >= 11 is 0. The second kappa shape index (κ2) is 4.00. The van der Waals surface area contributed by atoms with Crippen molar-refractivity contribution in [3.05, 3.63) is 36.0 Å². The van der Waals surface area contributed by atoms with E-state index in [0.29, 0.717) is 0 Å². The lowest BCUT2D eigenvalue weighted by atomic mass is 9.92. The van der Waals surface area contributed by atoms with Crippen LogP contribution in [0.5, 0.6) is 0 Å². The lowest BCUT2D eigenvalue weighted by Crippen LogP contribution is -2.45. The Hall–Kier alpha value is -1.61. The molecule has 0 atom stereocenters. The number of rotatable bonds is 3. The predicted octanol–water partition coefficient (Wildman–Crippen LogP) is 2.69.